The fraction of sp³-hybridized carbons (Fsp3) is 0.409. The Morgan fingerprint density at radius 1 is 1.07 bits per heavy atom. The van der Waals surface area contributed by atoms with Crippen molar-refractivity contribution in [3.63, 3.8) is 0 Å². The summed E-state index contributed by atoms with van der Waals surface area (Å²) in [6.07, 6.45) is 5.87. The van der Waals surface area contributed by atoms with Gasteiger partial charge in [-0.2, -0.15) is 0 Å². The lowest BCUT2D eigenvalue weighted by molar-refractivity contribution is -0.384. The fourth-order valence-corrected chi connectivity index (χ4v) is 3.99. The summed E-state index contributed by atoms with van der Waals surface area (Å²) in [4.78, 5) is 22.8. The standard InChI is InChI=1S/C22H26N2O4/c1-28-20-11-7-18(8-12-20)22(13-3-2-4-14-22)16-23-21(25)15-17-5-9-19(10-6-17)24(26)27/h5-12H,2-4,13-16H2,1H3,(H,23,25). The zero-order chi connectivity index (χ0) is 20.0. The maximum atomic E-state index is 12.5. The third-order valence-corrected chi connectivity index (χ3v) is 5.65. The van der Waals surface area contributed by atoms with Gasteiger partial charge in [0.25, 0.3) is 5.69 Å². The van der Waals surface area contributed by atoms with E-state index in [1.807, 2.05) is 12.1 Å². The third kappa shape index (κ3) is 4.68. The van der Waals surface area contributed by atoms with E-state index < -0.39 is 4.92 Å². The number of benzene rings is 2. The number of nitrogens with zero attached hydrogens (tertiary/aromatic N) is 1. The van der Waals surface area contributed by atoms with Gasteiger partial charge >= 0.3 is 0 Å². The molecular weight excluding hydrogens is 356 g/mol. The quantitative estimate of drug-likeness (QED) is 0.576. The van der Waals surface area contributed by atoms with Crippen LogP contribution in [-0.4, -0.2) is 24.5 Å². The number of carbonyl (C=O) groups excluding carboxylic acids is 1. The van der Waals surface area contributed by atoms with Crippen LogP contribution in [0.15, 0.2) is 48.5 Å². The van der Waals surface area contributed by atoms with Crippen molar-refractivity contribution < 1.29 is 14.5 Å². The minimum Gasteiger partial charge on any atom is -0.497 e. The van der Waals surface area contributed by atoms with Crippen molar-refractivity contribution in [3.8, 4) is 5.75 Å². The van der Waals surface area contributed by atoms with E-state index >= 15 is 0 Å². The SMILES string of the molecule is COc1ccc(C2(CNC(=O)Cc3ccc([N+](=O)[O-])cc3)CCCCC2)cc1. The third-order valence-electron chi connectivity index (χ3n) is 5.65. The number of methoxy groups -OCH3 is 1. The molecule has 1 fully saturated rings. The minimum absolute atomic E-state index is 0.0322. The van der Waals surface area contributed by atoms with Gasteiger partial charge in [-0.05, 0) is 36.1 Å². The molecule has 1 aliphatic rings. The molecule has 6 nitrogen and oxygen atoms in total. The van der Waals surface area contributed by atoms with E-state index in [1.165, 1.54) is 24.1 Å². The summed E-state index contributed by atoms with van der Waals surface area (Å²) >= 11 is 0. The van der Waals surface area contributed by atoms with Gasteiger partial charge in [-0.1, -0.05) is 43.5 Å². The Morgan fingerprint density at radius 3 is 2.29 bits per heavy atom. The molecule has 3 rings (SSSR count). The first-order valence-electron chi connectivity index (χ1n) is 9.67. The van der Waals surface area contributed by atoms with Gasteiger partial charge < -0.3 is 10.1 Å². The number of amides is 1. The smallest absolute Gasteiger partial charge is 0.269 e. The van der Waals surface area contributed by atoms with Crippen LogP contribution in [0.1, 0.15) is 43.2 Å². The van der Waals surface area contributed by atoms with Crippen molar-refractivity contribution in [1.29, 1.82) is 0 Å². The van der Waals surface area contributed by atoms with Crippen LogP contribution in [0.25, 0.3) is 0 Å². The Morgan fingerprint density at radius 2 is 1.71 bits per heavy atom. The Balaban J connectivity index is 1.66. The first kappa shape index (κ1) is 19.9. The van der Waals surface area contributed by atoms with Crippen LogP contribution in [0, 0.1) is 10.1 Å². The van der Waals surface area contributed by atoms with E-state index in [2.05, 4.69) is 17.4 Å². The van der Waals surface area contributed by atoms with Crippen molar-refractivity contribution in [2.45, 2.75) is 43.9 Å². The van der Waals surface area contributed by atoms with E-state index in [0.29, 0.717) is 6.54 Å². The Labute approximate surface area is 165 Å². The summed E-state index contributed by atoms with van der Waals surface area (Å²) in [7, 11) is 1.66. The molecule has 0 aromatic heterocycles. The van der Waals surface area contributed by atoms with E-state index in [4.69, 9.17) is 4.74 Å². The number of rotatable bonds is 7. The normalized spacial score (nSPS) is 15.6. The number of non-ortho nitro benzene ring substituents is 1. The van der Waals surface area contributed by atoms with Gasteiger partial charge in [-0.25, -0.2) is 0 Å². The number of ether oxygens (including phenoxy) is 1. The predicted octanol–water partition coefficient (Wildman–Crippen LogP) is 4.16. The van der Waals surface area contributed by atoms with Crippen molar-refractivity contribution >= 4 is 11.6 Å². The number of nitro benzene ring substituents is 1. The molecule has 0 spiro atoms. The van der Waals surface area contributed by atoms with E-state index in [1.54, 1.807) is 19.2 Å². The molecule has 28 heavy (non-hydrogen) atoms. The highest BCUT2D eigenvalue weighted by Gasteiger charge is 2.34. The van der Waals surface area contributed by atoms with Crippen LogP contribution >= 0.6 is 0 Å². The molecule has 1 N–H and O–H groups in total. The molecule has 2 aromatic rings. The van der Waals surface area contributed by atoms with Crippen LogP contribution in [0.5, 0.6) is 5.75 Å². The number of hydrogen-bond donors (Lipinski definition) is 1. The van der Waals surface area contributed by atoms with E-state index in [0.717, 1.165) is 37.0 Å². The van der Waals surface area contributed by atoms with Crippen LogP contribution in [0.4, 0.5) is 5.69 Å². The highest BCUT2D eigenvalue weighted by atomic mass is 16.6. The second-order valence-corrected chi connectivity index (χ2v) is 7.45. The highest BCUT2D eigenvalue weighted by molar-refractivity contribution is 5.78. The molecule has 0 unspecified atom stereocenters. The van der Waals surface area contributed by atoms with Crippen molar-refractivity contribution in [1.82, 2.24) is 5.32 Å². The monoisotopic (exact) mass is 382 g/mol. The molecule has 0 atom stereocenters. The molecule has 0 aliphatic heterocycles. The van der Waals surface area contributed by atoms with Gasteiger partial charge in [0.2, 0.25) is 5.91 Å². The molecule has 0 saturated heterocycles. The first-order chi connectivity index (χ1) is 13.5. The Hall–Kier alpha value is -2.89. The zero-order valence-corrected chi connectivity index (χ0v) is 16.1. The van der Waals surface area contributed by atoms with E-state index in [9.17, 15) is 14.9 Å². The first-order valence-corrected chi connectivity index (χ1v) is 9.67. The molecule has 0 radical (unpaired) electrons. The summed E-state index contributed by atoms with van der Waals surface area (Å²) in [6, 6.07) is 14.3. The molecule has 1 amide bonds. The van der Waals surface area contributed by atoms with Gasteiger partial charge in [-0.15, -0.1) is 0 Å². The van der Waals surface area contributed by atoms with Gasteiger partial charge in [0, 0.05) is 24.1 Å². The predicted molar refractivity (Wildman–Crippen MR) is 108 cm³/mol. The van der Waals surface area contributed by atoms with E-state index in [-0.39, 0.29) is 23.4 Å². The highest BCUT2D eigenvalue weighted by Crippen LogP contribution is 2.39. The summed E-state index contributed by atoms with van der Waals surface area (Å²) in [5.41, 5.74) is 1.99. The molecule has 1 saturated carbocycles. The topological polar surface area (TPSA) is 81.5 Å². The van der Waals surface area contributed by atoms with Crippen LogP contribution in [-0.2, 0) is 16.6 Å². The molecule has 1 aliphatic carbocycles. The maximum absolute atomic E-state index is 12.5. The van der Waals surface area contributed by atoms with Crippen molar-refractivity contribution in [2.24, 2.45) is 0 Å². The average Bonchev–Trinajstić information content (AvgIpc) is 2.73. The van der Waals surface area contributed by atoms with Gasteiger partial charge in [-0.3, -0.25) is 14.9 Å². The van der Waals surface area contributed by atoms with Crippen LogP contribution in [0.2, 0.25) is 0 Å². The zero-order valence-electron chi connectivity index (χ0n) is 16.1. The summed E-state index contributed by atoms with van der Waals surface area (Å²) in [6.45, 7) is 0.602. The molecule has 2 aromatic carbocycles. The maximum Gasteiger partial charge on any atom is 0.269 e. The lowest BCUT2D eigenvalue weighted by atomic mass is 9.69. The van der Waals surface area contributed by atoms with Gasteiger partial charge in [0.05, 0.1) is 18.5 Å². The Bertz CT molecular complexity index is 809. The molecular formula is C22H26N2O4. The minimum atomic E-state index is -0.439. The number of nitro groups is 1. The largest absolute Gasteiger partial charge is 0.497 e. The number of hydrogen-bond acceptors (Lipinski definition) is 4. The van der Waals surface area contributed by atoms with Crippen molar-refractivity contribution in [2.75, 3.05) is 13.7 Å². The molecule has 6 heteroatoms. The van der Waals surface area contributed by atoms with Crippen LogP contribution < -0.4 is 10.1 Å². The summed E-state index contributed by atoms with van der Waals surface area (Å²) in [5.74, 6) is 0.768. The second kappa shape index (κ2) is 8.87. The number of carbonyl (C=O) groups is 1. The fourth-order valence-electron chi connectivity index (χ4n) is 3.99. The average molecular weight is 382 g/mol. The number of nitrogens with one attached hydrogen (secondary N) is 1. The second-order valence-electron chi connectivity index (χ2n) is 7.45. The lowest BCUT2D eigenvalue weighted by Crippen LogP contribution is -2.42. The van der Waals surface area contributed by atoms with Crippen molar-refractivity contribution in [3.05, 3.63) is 69.8 Å². The molecule has 148 valence electrons. The van der Waals surface area contributed by atoms with Gasteiger partial charge in [0.15, 0.2) is 0 Å². The molecule has 0 bridgehead atoms. The van der Waals surface area contributed by atoms with Crippen LogP contribution in [0.3, 0.4) is 0 Å². The Kier molecular flexibility index (Phi) is 6.29. The summed E-state index contributed by atoms with van der Waals surface area (Å²) in [5, 5.41) is 13.8. The summed E-state index contributed by atoms with van der Waals surface area (Å²) < 4.78 is 5.27. The molecule has 0 heterocycles. The van der Waals surface area contributed by atoms with Gasteiger partial charge in [0.1, 0.15) is 5.75 Å². The lowest BCUT2D eigenvalue weighted by Gasteiger charge is -2.38.